The molecule has 1 unspecified atom stereocenters. The van der Waals surface area contributed by atoms with Crippen molar-refractivity contribution in [2.75, 3.05) is 0 Å². The van der Waals surface area contributed by atoms with Crippen LogP contribution in [0.1, 0.15) is 19.4 Å². The summed E-state index contributed by atoms with van der Waals surface area (Å²) in [6, 6.07) is 1.96. The van der Waals surface area contributed by atoms with Gasteiger partial charge < -0.3 is 5.11 Å². The fraction of sp³-hybridized carbons (Fsp3) is 0.300. The van der Waals surface area contributed by atoms with Gasteiger partial charge in [-0.2, -0.15) is 0 Å². The van der Waals surface area contributed by atoms with Gasteiger partial charge in [0.15, 0.2) is 0 Å². The van der Waals surface area contributed by atoms with Crippen molar-refractivity contribution < 1.29 is 5.11 Å². The van der Waals surface area contributed by atoms with Crippen LogP contribution in [0.2, 0.25) is 0 Å². The van der Waals surface area contributed by atoms with E-state index in [1.165, 1.54) is 0 Å². The Bertz CT molecular complexity index is 320. The first kappa shape index (κ1) is 10.4. The van der Waals surface area contributed by atoms with Crippen molar-refractivity contribution in [2.24, 2.45) is 0 Å². The summed E-state index contributed by atoms with van der Waals surface area (Å²) in [6.07, 6.45) is 5.01. The highest BCUT2D eigenvalue weighted by molar-refractivity contribution is 9.10. The van der Waals surface area contributed by atoms with Gasteiger partial charge in [0.2, 0.25) is 0 Å². The van der Waals surface area contributed by atoms with Crippen molar-refractivity contribution in [3.05, 3.63) is 34.1 Å². The predicted molar refractivity (Wildman–Crippen MR) is 57.3 cm³/mol. The average Bonchev–Trinajstić information content (AvgIpc) is 2.04. The lowest BCUT2D eigenvalue weighted by atomic mass is 10.1. The lowest BCUT2D eigenvalue weighted by Gasteiger charge is -2.03. The summed E-state index contributed by atoms with van der Waals surface area (Å²) in [4.78, 5) is 4.02. The number of pyridine rings is 1. The molecule has 0 bridgehead atoms. The van der Waals surface area contributed by atoms with Crippen molar-refractivity contribution in [2.45, 2.75) is 20.0 Å². The van der Waals surface area contributed by atoms with Gasteiger partial charge in [0, 0.05) is 16.9 Å². The van der Waals surface area contributed by atoms with Gasteiger partial charge in [-0.15, -0.1) is 0 Å². The molecule has 1 heterocycles. The maximum absolute atomic E-state index is 9.25. The number of aromatic nitrogens is 1. The molecule has 1 rings (SSSR count). The van der Waals surface area contributed by atoms with E-state index in [1.54, 1.807) is 19.3 Å². The van der Waals surface area contributed by atoms with E-state index in [4.69, 9.17) is 0 Å². The number of aliphatic hydroxyl groups excluding tert-OH is 1. The number of nitrogens with zero attached hydrogens (tertiary/aromatic N) is 1. The molecule has 0 fully saturated rings. The molecule has 3 heteroatoms. The van der Waals surface area contributed by atoms with Crippen molar-refractivity contribution >= 4 is 22.0 Å². The first-order chi connectivity index (χ1) is 6.09. The third kappa shape index (κ3) is 3.28. The number of rotatable bonds is 2. The molecule has 0 aliphatic rings. The fourth-order valence-corrected chi connectivity index (χ4v) is 1.27. The predicted octanol–water partition coefficient (Wildman–Crippen LogP) is 2.63. The van der Waals surface area contributed by atoms with Crippen molar-refractivity contribution in [3.63, 3.8) is 0 Å². The molecule has 0 aromatic carbocycles. The highest BCUT2D eigenvalue weighted by Crippen LogP contribution is 2.13. The lowest BCUT2D eigenvalue weighted by molar-refractivity contribution is 0.232. The summed E-state index contributed by atoms with van der Waals surface area (Å²) in [6.45, 7) is 3.64. The molecule has 0 saturated carbocycles. The Morgan fingerprint density at radius 2 is 2.31 bits per heavy atom. The summed E-state index contributed by atoms with van der Waals surface area (Å²) < 4.78 is 0.944. The average molecular weight is 242 g/mol. The van der Waals surface area contributed by atoms with E-state index >= 15 is 0 Å². The Morgan fingerprint density at radius 3 is 2.85 bits per heavy atom. The number of aliphatic hydroxyl groups is 1. The molecule has 0 saturated heterocycles. The van der Waals surface area contributed by atoms with Gasteiger partial charge in [-0.3, -0.25) is 4.98 Å². The normalized spacial score (nSPS) is 14.3. The van der Waals surface area contributed by atoms with Gasteiger partial charge in [0.25, 0.3) is 0 Å². The lowest BCUT2D eigenvalue weighted by Crippen LogP contribution is -2.00. The Kier molecular flexibility index (Phi) is 3.63. The Morgan fingerprint density at radius 1 is 1.62 bits per heavy atom. The minimum absolute atomic E-state index is 0.404. The van der Waals surface area contributed by atoms with Crippen LogP contribution in [0.25, 0.3) is 6.08 Å². The maximum Gasteiger partial charge on any atom is 0.0722 e. The van der Waals surface area contributed by atoms with Gasteiger partial charge in [-0.05, 0) is 47.0 Å². The summed E-state index contributed by atoms with van der Waals surface area (Å²) in [5.74, 6) is 0. The van der Waals surface area contributed by atoms with Crippen LogP contribution in [0.5, 0.6) is 0 Å². The van der Waals surface area contributed by atoms with E-state index < -0.39 is 6.10 Å². The smallest absolute Gasteiger partial charge is 0.0722 e. The third-order valence-electron chi connectivity index (χ3n) is 1.78. The van der Waals surface area contributed by atoms with Crippen LogP contribution >= 0.6 is 15.9 Å². The second kappa shape index (κ2) is 4.53. The molecule has 13 heavy (non-hydrogen) atoms. The van der Waals surface area contributed by atoms with Crippen LogP contribution in [0.15, 0.2) is 28.5 Å². The SMILES string of the molecule is C/C(=C\c1cncc(Br)c1)C(C)O. The van der Waals surface area contributed by atoms with Gasteiger partial charge in [-0.1, -0.05) is 6.08 Å². The van der Waals surface area contributed by atoms with Crippen LogP contribution < -0.4 is 0 Å². The molecule has 0 spiro atoms. The Balaban J connectivity index is 2.91. The molecule has 1 N–H and O–H groups in total. The first-order valence-corrected chi connectivity index (χ1v) is 4.85. The van der Waals surface area contributed by atoms with Crippen LogP contribution in [0.3, 0.4) is 0 Å². The molecule has 0 radical (unpaired) electrons. The number of halogens is 1. The van der Waals surface area contributed by atoms with Gasteiger partial charge in [0.1, 0.15) is 0 Å². The van der Waals surface area contributed by atoms with Gasteiger partial charge in [0.05, 0.1) is 6.10 Å². The largest absolute Gasteiger partial charge is 0.389 e. The zero-order valence-electron chi connectivity index (χ0n) is 7.66. The second-order valence-electron chi connectivity index (χ2n) is 3.00. The highest BCUT2D eigenvalue weighted by atomic mass is 79.9. The molecule has 1 atom stereocenters. The summed E-state index contributed by atoms with van der Waals surface area (Å²) >= 11 is 3.33. The van der Waals surface area contributed by atoms with E-state index in [0.29, 0.717) is 0 Å². The van der Waals surface area contributed by atoms with E-state index in [1.807, 2.05) is 19.1 Å². The van der Waals surface area contributed by atoms with Crippen LogP contribution in [-0.4, -0.2) is 16.2 Å². The first-order valence-electron chi connectivity index (χ1n) is 4.06. The standard InChI is InChI=1S/C10H12BrNO/c1-7(8(2)13)3-9-4-10(11)6-12-5-9/h3-6,8,13H,1-2H3/b7-3+. The van der Waals surface area contributed by atoms with Crippen molar-refractivity contribution in [1.29, 1.82) is 0 Å². The minimum Gasteiger partial charge on any atom is -0.389 e. The van der Waals surface area contributed by atoms with Crippen LogP contribution in [-0.2, 0) is 0 Å². The van der Waals surface area contributed by atoms with Crippen molar-refractivity contribution in [1.82, 2.24) is 4.98 Å². The highest BCUT2D eigenvalue weighted by Gasteiger charge is 1.98. The Labute approximate surface area is 86.4 Å². The van der Waals surface area contributed by atoms with E-state index in [9.17, 15) is 5.11 Å². The number of hydrogen-bond donors (Lipinski definition) is 1. The summed E-state index contributed by atoms with van der Waals surface area (Å²) in [5.41, 5.74) is 1.92. The molecule has 2 nitrogen and oxygen atoms in total. The van der Waals surface area contributed by atoms with Crippen molar-refractivity contribution in [3.8, 4) is 0 Å². The van der Waals surface area contributed by atoms with E-state index in [-0.39, 0.29) is 0 Å². The van der Waals surface area contributed by atoms with Gasteiger partial charge in [-0.25, -0.2) is 0 Å². The molecule has 1 aromatic heterocycles. The minimum atomic E-state index is -0.404. The zero-order valence-corrected chi connectivity index (χ0v) is 9.25. The molecule has 1 aromatic rings. The topological polar surface area (TPSA) is 33.1 Å². The maximum atomic E-state index is 9.25. The molecule has 70 valence electrons. The summed E-state index contributed by atoms with van der Waals surface area (Å²) in [5, 5.41) is 9.25. The van der Waals surface area contributed by atoms with E-state index in [2.05, 4.69) is 20.9 Å². The van der Waals surface area contributed by atoms with Gasteiger partial charge >= 0.3 is 0 Å². The quantitative estimate of drug-likeness (QED) is 0.864. The second-order valence-corrected chi connectivity index (χ2v) is 3.92. The molecular weight excluding hydrogens is 230 g/mol. The fourth-order valence-electron chi connectivity index (χ4n) is 0.891. The zero-order chi connectivity index (χ0) is 9.84. The summed E-state index contributed by atoms with van der Waals surface area (Å²) in [7, 11) is 0. The molecular formula is C10H12BrNO. The molecule has 0 aliphatic heterocycles. The Hall–Kier alpha value is -0.670. The molecule has 0 aliphatic carbocycles. The van der Waals surface area contributed by atoms with E-state index in [0.717, 1.165) is 15.6 Å². The molecule has 0 amide bonds. The van der Waals surface area contributed by atoms with Crippen LogP contribution in [0.4, 0.5) is 0 Å². The number of hydrogen-bond acceptors (Lipinski definition) is 2. The van der Waals surface area contributed by atoms with Crippen LogP contribution in [0, 0.1) is 0 Å². The monoisotopic (exact) mass is 241 g/mol. The third-order valence-corrected chi connectivity index (χ3v) is 2.21.